The lowest BCUT2D eigenvalue weighted by atomic mass is 10.0. The van der Waals surface area contributed by atoms with Gasteiger partial charge in [-0.3, -0.25) is 0 Å². The van der Waals surface area contributed by atoms with Crippen molar-refractivity contribution < 1.29 is 9.13 Å². The second-order valence-corrected chi connectivity index (χ2v) is 7.28. The van der Waals surface area contributed by atoms with E-state index in [1.54, 1.807) is 6.07 Å². The molecule has 3 rings (SSSR count). The van der Waals surface area contributed by atoms with Gasteiger partial charge in [0.25, 0.3) is 0 Å². The minimum Gasteiger partial charge on any atom is -0.488 e. The number of benzene rings is 1. The number of nitrogens with zero attached hydrogens (tertiary/aromatic N) is 4. The van der Waals surface area contributed by atoms with Gasteiger partial charge in [0, 0.05) is 49.6 Å². The van der Waals surface area contributed by atoms with Gasteiger partial charge in [0.2, 0.25) is 0 Å². The van der Waals surface area contributed by atoms with E-state index < -0.39 is 11.9 Å². The van der Waals surface area contributed by atoms with E-state index >= 15 is 0 Å². The lowest BCUT2D eigenvalue weighted by Gasteiger charge is -2.34. The Labute approximate surface area is 165 Å². The van der Waals surface area contributed by atoms with Crippen LogP contribution in [0.5, 0.6) is 5.75 Å². The molecule has 2 aromatic rings. The van der Waals surface area contributed by atoms with Crippen LogP contribution in [0.1, 0.15) is 38.1 Å². The molecule has 2 heterocycles. The predicted molar refractivity (Wildman–Crippen MR) is 109 cm³/mol. The van der Waals surface area contributed by atoms with Crippen molar-refractivity contribution in [3.8, 4) is 5.75 Å². The van der Waals surface area contributed by atoms with Crippen molar-refractivity contribution in [1.82, 2.24) is 14.9 Å². The summed E-state index contributed by atoms with van der Waals surface area (Å²) in [5, 5.41) is 0. The lowest BCUT2D eigenvalue weighted by Crippen LogP contribution is -2.46. The van der Waals surface area contributed by atoms with Crippen molar-refractivity contribution >= 4 is 11.5 Å². The molecule has 0 saturated carbocycles. The van der Waals surface area contributed by atoms with E-state index in [0.29, 0.717) is 11.3 Å². The quantitative estimate of drug-likeness (QED) is 0.733. The minimum atomic E-state index is -0.603. The van der Waals surface area contributed by atoms with Crippen LogP contribution in [-0.2, 0) is 0 Å². The van der Waals surface area contributed by atoms with E-state index in [9.17, 15) is 4.39 Å². The summed E-state index contributed by atoms with van der Waals surface area (Å²) < 4.78 is 19.7. The zero-order valence-electron chi connectivity index (χ0n) is 16.7. The number of hydrogen-bond acceptors (Lipinski definition) is 7. The van der Waals surface area contributed by atoms with Gasteiger partial charge < -0.3 is 26.0 Å². The topological polar surface area (TPSA) is 93.5 Å². The summed E-state index contributed by atoms with van der Waals surface area (Å²) in [6, 6.07) is 4.10. The first-order valence-corrected chi connectivity index (χ1v) is 9.69. The Morgan fingerprint density at radius 1 is 1.14 bits per heavy atom. The third-order valence-electron chi connectivity index (χ3n) is 4.97. The van der Waals surface area contributed by atoms with Gasteiger partial charge in [0.05, 0.1) is 17.8 Å². The molecule has 0 amide bonds. The van der Waals surface area contributed by atoms with E-state index in [2.05, 4.69) is 26.7 Å². The summed E-state index contributed by atoms with van der Waals surface area (Å²) in [6.45, 7) is 10.7. The van der Waals surface area contributed by atoms with Crippen LogP contribution in [0.3, 0.4) is 0 Å². The molecule has 1 saturated heterocycles. The molecule has 1 aliphatic rings. The molecule has 28 heavy (non-hydrogen) atoms. The second kappa shape index (κ2) is 8.70. The van der Waals surface area contributed by atoms with Crippen molar-refractivity contribution in [2.45, 2.75) is 32.9 Å². The fourth-order valence-electron chi connectivity index (χ4n) is 3.36. The van der Waals surface area contributed by atoms with E-state index in [-0.39, 0.29) is 17.5 Å². The SMILES string of the molecule is CCN1CCN(c2cc(C(N)c3cc(OC(C)C)c(F)cc3N)ncn2)CC1. The monoisotopic (exact) mass is 388 g/mol. The average molecular weight is 388 g/mol. The molecule has 0 spiro atoms. The fourth-order valence-corrected chi connectivity index (χ4v) is 3.36. The molecule has 7 nitrogen and oxygen atoms in total. The highest BCUT2D eigenvalue weighted by Crippen LogP contribution is 2.31. The maximum absolute atomic E-state index is 14.1. The average Bonchev–Trinajstić information content (AvgIpc) is 2.69. The summed E-state index contributed by atoms with van der Waals surface area (Å²) in [4.78, 5) is 13.4. The van der Waals surface area contributed by atoms with Gasteiger partial charge in [-0.1, -0.05) is 6.92 Å². The van der Waals surface area contributed by atoms with Crippen LogP contribution in [0.4, 0.5) is 15.9 Å². The number of rotatable bonds is 6. The summed E-state index contributed by atoms with van der Waals surface area (Å²) >= 11 is 0. The van der Waals surface area contributed by atoms with Crippen molar-refractivity contribution in [2.75, 3.05) is 43.4 Å². The van der Waals surface area contributed by atoms with Crippen LogP contribution in [0.2, 0.25) is 0 Å². The number of aromatic nitrogens is 2. The van der Waals surface area contributed by atoms with Crippen LogP contribution in [0, 0.1) is 5.82 Å². The van der Waals surface area contributed by atoms with Crippen molar-refractivity contribution in [2.24, 2.45) is 5.73 Å². The van der Waals surface area contributed by atoms with Crippen LogP contribution in [0.25, 0.3) is 0 Å². The molecule has 8 heteroatoms. The number of nitrogen functional groups attached to an aromatic ring is 1. The Morgan fingerprint density at radius 2 is 1.86 bits per heavy atom. The van der Waals surface area contributed by atoms with Gasteiger partial charge in [-0.05, 0) is 26.5 Å². The number of piperazine rings is 1. The molecular weight excluding hydrogens is 359 g/mol. The van der Waals surface area contributed by atoms with E-state index in [4.69, 9.17) is 16.2 Å². The molecule has 0 radical (unpaired) electrons. The first-order valence-electron chi connectivity index (χ1n) is 9.69. The fraction of sp³-hybridized carbons (Fsp3) is 0.500. The third-order valence-corrected chi connectivity index (χ3v) is 4.97. The number of halogens is 1. The van der Waals surface area contributed by atoms with Crippen molar-refractivity contribution in [3.63, 3.8) is 0 Å². The molecule has 1 aromatic heterocycles. The van der Waals surface area contributed by atoms with Crippen molar-refractivity contribution in [1.29, 1.82) is 0 Å². The summed E-state index contributed by atoms with van der Waals surface area (Å²) in [6.07, 6.45) is 1.36. The van der Waals surface area contributed by atoms with Gasteiger partial charge in [-0.25, -0.2) is 14.4 Å². The summed E-state index contributed by atoms with van der Waals surface area (Å²) in [7, 11) is 0. The largest absolute Gasteiger partial charge is 0.488 e. The van der Waals surface area contributed by atoms with Gasteiger partial charge in [0.1, 0.15) is 12.1 Å². The lowest BCUT2D eigenvalue weighted by molar-refractivity contribution is 0.231. The highest BCUT2D eigenvalue weighted by Gasteiger charge is 2.21. The molecule has 1 aromatic carbocycles. The third kappa shape index (κ3) is 4.51. The second-order valence-electron chi connectivity index (χ2n) is 7.28. The Bertz CT molecular complexity index is 807. The van der Waals surface area contributed by atoms with Gasteiger partial charge >= 0.3 is 0 Å². The van der Waals surface area contributed by atoms with Crippen LogP contribution in [-0.4, -0.2) is 53.7 Å². The zero-order chi connectivity index (χ0) is 20.3. The van der Waals surface area contributed by atoms with E-state index in [1.807, 2.05) is 19.9 Å². The summed E-state index contributed by atoms with van der Waals surface area (Å²) in [5.74, 6) is 0.481. The molecule has 4 N–H and O–H groups in total. The maximum atomic E-state index is 14.1. The molecule has 1 unspecified atom stereocenters. The first kappa shape index (κ1) is 20.3. The van der Waals surface area contributed by atoms with E-state index in [0.717, 1.165) is 38.5 Å². The molecule has 1 fully saturated rings. The van der Waals surface area contributed by atoms with Crippen LogP contribution >= 0.6 is 0 Å². The number of ether oxygens (including phenoxy) is 1. The smallest absolute Gasteiger partial charge is 0.167 e. The normalized spacial score (nSPS) is 16.4. The molecule has 0 bridgehead atoms. The molecule has 1 aliphatic heterocycles. The molecular formula is C20H29FN6O. The molecule has 152 valence electrons. The minimum absolute atomic E-state index is 0.139. The van der Waals surface area contributed by atoms with Crippen LogP contribution in [0.15, 0.2) is 24.5 Å². The zero-order valence-corrected chi connectivity index (χ0v) is 16.7. The molecule has 1 atom stereocenters. The van der Waals surface area contributed by atoms with Gasteiger partial charge in [-0.15, -0.1) is 0 Å². The Kier molecular flexibility index (Phi) is 6.31. The summed E-state index contributed by atoms with van der Waals surface area (Å²) in [5.41, 5.74) is 14.0. The van der Waals surface area contributed by atoms with Crippen molar-refractivity contribution in [3.05, 3.63) is 41.6 Å². The number of anilines is 2. The maximum Gasteiger partial charge on any atom is 0.167 e. The van der Waals surface area contributed by atoms with Crippen LogP contribution < -0.4 is 21.1 Å². The number of likely N-dealkylation sites (N-methyl/N-ethyl adjacent to an activating group) is 1. The standard InChI is InChI=1S/C20H29FN6O/c1-4-26-5-7-27(8-6-26)19-11-17(24-12-25-19)20(23)14-9-18(28-13(2)3)15(21)10-16(14)22/h9-13,20H,4-8,22-23H2,1-3H3. The predicted octanol–water partition coefficient (Wildman–Crippen LogP) is 2.18. The number of nitrogens with two attached hydrogens (primary N) is 2. The first-order chi connectivity index (χ1) is 13.4. The Morgan fingerprint density at radius 3 is 2.50 bits per heavy atom. The highest BCUT2D eigenvalue weighted by molar-refractivity contribution is 5.55. The Balaban J connectivity index is 1.84. The highest BCUT2D eigenvalue weighted by atomic mass is 19.1. The van der Waals surface area contributed by atoms with Gasteiger partial charge in [-0.2, -0.15) is 0 Å². The molecule has 0 aliphatic carbocycles. The van der Waals surface area contributed by atoms with Gasteiger partial charge in [0.15, 0.2) is 11.6 Å². The van der Waals surface area contributed by atoms with E-state index in [1.165, 1.54) is 12.4 Å². The number of hydrogen-bond donors (Lipinski definition) is 2. The Hall–Kier alpha value is -2.45.